The van der Waals surface area contributed by atoms with Gasteiger partial charge in [-0.05, 0) is 12.1 Å². The highest BCUT2D eigenvalue weighted by molar-refractivity contribution is 9.10. The average Bonchev–Trinajstić information content (AvgIpc) is 2.35. The predicted octanol–water partition coefficient (Wildman–Crippen LogP) is 2.60. The Kier molecular flexibility index (Phi) is 3.68. The van der Waals surface area contributed by atoms with E-state index in [1.807, 2.05) is 0 Å². The first-order valence-corrected chi connectivity index (χ1v) is 5.51. The molecule has 1 heterocycles. The molecule has 5 nitrogen and oxygen atoms in total. The Hall–Kier alpha value is -1.80. The Morgan fingerprint density at radius 3 is 2.83 bits per heavy atom. The Balaban J connectivity index is 2.33. The number of nitrogens with two attached hydrogens (primary N) is 1. The van der Waals surface area contributed by atoms with Crippen molar-refractivity contribution in [1.82, 2.24) is 9.97 Å². The molecule has 0 fully saturated rings. The van der Waals surface area contributed by atoms with Crippen LogP contribution in [0.2, 0.25) is 0 Å². The molecule has 1 aromatic heterocycles. The van der Waals surface area contributed by atoms with Crippen molar-refractivity contribution in [3.05, 3.63) is 40.5 Å². The Morgan fingerprint density at radius 1 is 1.33 bits per heavy atom. The van der Waals surface area contributed by atoms with Crippen LogP contribution in [-0.2, 0) is 0 Å². The van der Waals surface area contributed by atoms with E-state index in [-0.39, 0.29) is 17.6 Å². The Morgan fingerprint density at radius 2 is 2.11 bits per heavy atom. The number of benzene rings is 1. The third-order valence-electron chi connectivity index (χ3n) is 1.93. The van der Waals surface area contributed by atoms with Crippen LogP contribution >= 0.6 is 15.9 Å². The van der Waals surface area contributed by atoms with Crippen molar-refractivity contribution in [2.45, 2.75) is 0 Å². The van der Waals surface area contributed by atoms with E-state index in [0.29, 0.717) is 4.47 Å². The summed E-state index contributed by atoms with van der Waals surface area (Å²) < 4.78 is 32.1. The van der Waals surface area contributed by atoms with Crippen molar-refractivity contribution in [1.29, 1.82) is 0 Å². The second kappa shape index (κ2) is 5.23. The number of rotatable bonds is 3. The third-order valence-corrected chi connectivity index (χ3v) is 2.39. The fourth-order valence-corrected chi connectivity index (χ4v) is 1.60. The van der Waals surface area contributed by atoms with Crippen molar-refractivity contribution >= 4 is 21.9 Å². The molecule has 3 N–H and O–H groups in total. The lowest BCUT2D eigenvalue weighted by molar-refractivity contribution is 0.404. The monoisotopic (exact) mass is 316 g/mol. The molecule has 0 spiro atoms. The van der Waals surface area contributed by atoms with E-state index in [1.165, 1.54) is 18.3 Å². The molecule has 1 aromatic carbocycles. The Bertz CT molecular complexity index is 582. The number of hydrazine groups is 1. The zero-order chi connectivity index (χ0) is 13.1. The van der Waals surface area contributed by atoms with Gasteiger partial charge in [0.15, 0.2) is 11.6 Å². The van der Waals surface area contributed by atoms with Crippen LogP contribution in [0.3, 0.4) is 0 Å². The molecule has 0 aliphatic carbocycles. The van der Waals surface area contributed by atoms with Gasteiger partial charge in [0.2, 0.25) is 17.6 Å². The third kappa shape index (κ3) is 2.71. The molecule has 2 rings (SSSR count). The lowest BCUT2D eigenvalue weighted by Crippen LogP contribution is -2.10. The Labute approximate surface area is 109 Å². The van der Waals surface area contributed by atoms with Crippen LogP contribution in [0.5, 0.6) is 11.6 Å². The van der Waals surface area contributed by atoms with Gasteiger partial charge in [0.25, 0.3) is 0 Å². The SMILES string of the molecule is NNc1nccc(Oc2cc(Br)cc(F)c2F)n1. The zero-order valence-corrected chi connectivity index (χ0v) is 10.4. The van der Waals surface area contributed by atoms with Gasteiger partial charge in [-0.2, -0.15) is 9.37 Å². The van der Waals surface area contributed by atoms with E-state index < -0.39 is 11.6 Å². The molecular formula is C10H7BrF2N4O. The molecule has 2 aromatic rings. The summed E-state index contributed by atoms with van der Waals surface area (Å²) in [5.41, 5.74) is 2.21. The minimum Gasteiger partial charge on any atom is -0.436 e. The smallest absolute Gasteiger partial charge is 0.240 e. The first-order valence-electron chi connectivity index (χ1n) is 4.72. The van der Waals surface area contributed by atoms with Crippen molar-refractivity contribution in [2.75, 3.05) is 5.43 Å². The van der Waals surface area contributed by atoms with Gasteiger partial charge in [0.05, 0.1) is 0 Å². The molecule has 0 unspecified atom stereocenters. The second-order valence-electron chi connectivity index (χ2n) is 3.16. The lowest BCUT2D eigenvalue weighted by atomic mass is 10.3. The van der Waals surface area contributed by atoms with E-state index >= 15 is 0 Å². The van der Waals surface area contributed by atoms with Crippen molar-refractivity contribution in [3.8, 4) is 11.6 Å². The van der Waals surface area contributed by atoms with Gasteiger partial charge < -0.3 is 4.74 Å². The molecule has 8 heteroatoms. The van der Waals surface area contributed by atoms with Crippen LogP contribution in [0.4, 0.5) is 14.7 Å². The topological polar surface area (TPSA) is 73.1 Å². The second-order valence-corrected chi connectivity index (χ2v) is 4.08. The first kappa shape index (κ1) is 12.7. The van der Waals surface area contributed by atoms with Crippen LogP contribution in [0.15, 0.2) is 28.9 Å². The van der Waals surface area contributed by atoms with E-state index in [9.17, 15) is 8.78 Å². The van der Waals surface area contributed by atoms with Crippen molar-refractivity contribution in [3.63, 3.8) is 0 Å². The van der Waals surface area contributed by atoms with Gasteiger partial charge in [-0.15, -0.1) is 0 Å². The largest absolute Gasteiger partial charge is 0.436 e. The highest BCUT2D eigenvalue weighted by Crippen LogP contribution is 2.28. The summed E-state index contributed by atoms with van der Waals surface area (Å²) in [5.74, 6) is 2.85. The standard InChI is InChI=1S/C10H7BrF2N4O/c11-5-3-6(12)9(13)7(4-5)18-8-1-2-15-10(16-8)17-14/h1-4H,14H2,(H,15,16,17). The number of nitrogen functional groups attached to an aromatic ring is 1. The number of nitrogens with zero attached hydrogens (tertiary/aromatic N) is 2. The molecule has 94 valence electrons. The molecule has 0 aliphatic heterocycles. The zero-order valence-electron chi connectivity index (χ0n) is 8.82. The predicted molar refractivity (Wildman–Crippen MR) is 64.0 cm³/mol. The highest BCUT2D eigenvalue weighted by atomic mass is 79.9. The van der Waals surface area contributed by atoms with Crippen LogP contribution in [0.25, 0.3) is 0 Å². The van der Waals surface area contributed by atoms with Crippen molar-refractivity contribution in [2.24, 2.45) is 5.84 Å². The van der Waals surface area contributed by atoms with Crippen LogP contribution in [0.1, 0.15) is 0 Å². The van der Waals surface area contributed by atoms with E-state index in [2.05, 4.69) is 31.3 Å². The van der Waals surface area contributed by atoms with Gasteiger partial charge in [-0.1, -0.05) is 15.9 Å². The molecule has 18 heavy (non-hydrogen) atoms. The van der Waals surface area contributed by atoms with Crippen LogP contribution < -0.4 is 16.0 Å². The number of aromatic nitrogens is 2. The summed E-state index contributed by atoms with van der Waals surface area (Å²) in [5, 5.41) is 0. The molecule has 0 radical (unpaired) electrons. The summed E-state index contributed by atoms with van der Waals surface area (Å²) in [7, 11) is 0. The molecule has 0 saturated carbocycles. The number of nitrogens with one attached hydrogen (secondary N) is 1. The molecular weight excluding hydrogens is 310 g/mol. The van der Waals surface area contributed by atoms with Crippen molar-refractivity contribution < 1.29 is 13.5 Å². The molecule has 0 amide bonds. The first-order chi connectivity index (χ1) is 8.60. The normalized spacial score (nSPS) is 10.2. The number of ether oxygens (including phenoxy) is 1. The van der Waals surface area contributed by atoms with Crippen LogP contribution in [-0.4, -0.2) is 9.97 Å². The van der Waals surface area contributed by atoms with Gasteiger partial charge in [0, 0.05) is 16.7 Å². The van der Waals surface area contributed by atoms with Gasteiger partial charge in [0.1, 0.15) is 0 Å². The van der Waals surface area contributed by atoms with E-state index in [4.69, 9.17) is 10.6 Å². The highest BCUT2D eigenvalue weighted by Gasteiger charge is 2.13. The number of hydrogen-bond acceptors (Lipinski definition) is 5. The fourth-order valence-electron chi connectivity index (χ4n) is 1.19. The molecule has 0 bridgehead atoms. The summed E-state index contributed by atoms with van der Waals surface area (Å²) >= 11 is 3.04. The minimum atomic E-state index is -1.10. The fraction of sp³-hybridized carbons (Fsp3) is 0. The average molecular weight is 317 g/mol. The van der Waals surface area contributed by atoms with Crippen LogP contribution in [0, 0.1) is 11.6 Å². The maximum atomic E-state index is 13.4. The molecule has 0 aliphatic rings. The number of hydrogen-bond donors (Lipinski definition) is 2. The van der Waals surface area contributed by atoms with Gasteiger partial charge in [-0.3, -0.25) is 5.43 Å². The van der Waals surface area contributed by atoms with E-state index in [0.717, 1.165) is 6.07 Å². The summed E-state index contributed by atoms with van der Waals surface area (Å²) in [6.07, 6.45) is 1.36. The molecule has 0 atom stereocenters. The summed E-state index contributed by atoms with van der Waals surface area (Å²) in [6.45, 7) is 0. The van der Waals surface area contributed by atoms with Gasteiger partial charge >= 0.3 is 0 Å². The van der Waals surface area contributed by atoms with Gasteiger partial charge in [-0.25, -0.2) is 15.2 Å². The number of halogens is 3. The summed E-state index contributed by atoms with van der Waals surface area (Å²) in [4.78, 5) is 7.57. The quantitative estimate of drug-likeness (QED) is 0.517. The lowest BCUT2D eigenvalue weighted by Gasteiger charge is -2.07. The minimum absolute atomic E-state index is 0.0364. The maximum Gasteiger partial charge on any atom is 0.240 e. The maximum absolute atomic E-state index is 13.4. The molecule has 0 saturated heterocycles. The number of anilines is 1. The van der Waals surface area contributed by atoms with E-state index in [1.54, 1.807) is 0 Å². The summed E-state index contributed by atoms with van der Waals surface area (Å²) in [6, 6.07) is 3.67.